The molecule has 0 radical (unpaired) electrons. The summed E-state index contributed by atoms with van der Waals surface area (Å²) in [5.41, 5.74) is 7.28. The maximum absolute atomic E-state index is 11.8. The van der Waals surface area contributed by atoms with Gasteiger partial charge in [0, 0.05) is 6.42 Å². The first-order valence-electron chi connectivity index (χ1n) is 6.10. The molecule has 1 aromatic heterocycles. The highest BCUT2D eigenvalue weighted by Gasteiger charge is 2.12. The smallest absolute Gasteiger partial charge is 0.308 e. The molecule has 0 aliphatic heterocycles. The normalized spacial score (nSPS) is 10.4. The zero-order chi connectivity index (χ0) is 14.7. The second kappa shape index (κ2) is 5.56. The third kappa shape index (κ3) is 3.23. The molecule has 4 N–H and O–H groups in total. The van der Waals surface area contributed by atoms with Gasteiger partial charge in [-0.25, -0.2) is 4.98 Å². The zero-order valence-electron chi connectivity index (χ0n) is 11.0. The van der Waals surface area contributed by atoms with Crippen LogP contribution in [0.25, 0.3) is 0 Å². The number of carbonyl (C=O) groups is 1. The molecule has 0 unspecified atom stereocenters. The minimum Gasteiger partial charge on any atom is -0.481 e. The molecule has 0 bridgehead atoms. The lowest BCUT2D eigenvalue weighted by molar-refractivity contribution is -0.136. The molecule has 0 saturated carbocycles. The number of aromatic nitrogens is 2. The number of aromatic amines is 1. The van der Waals surface area contributed by atoms with Crippen LogP contribution in [0.15, 0.2) is 29.1 Å². The van der Waals surface area contributed by atoms with Crippen LogP contribution in [-0.4, -0.2) is 21.0 Å². The fraction of sp³-hybridized carbons (Fsp3) is 0.214. The van der Waals surface area contributed by atoms with Crippen LogP contribution >= 0.6 is 0 Å². The topological polar surface area (TPSA) is 109 Å². The fourth-order valence-electron chi connectivity index (χ4n) is 1.87. The largest absolute Gasteiger partial charge is 0.481 e. The van der Waals surface area contributed by atoms with Crippen LogP contribution in [0.1, 0.15) is 22.5 Å². The molecule has 2 rings (SSSR count). The Bertz CT molecular complexity index is 690. The molecule has 0 saturated heterocycles. The van der Waals surface area contributed by atoms with Gasteiger partial charge in [-0.15, -0.1) is 0 Å². The number of nitrogen functional groups attached to an aromatic ring is 1. The number of rotatable bonds is 4. The van der Waals surface area contributed by atoms with E-state index in [1.54, 1.807) is 0 Å². The van der Waals surface area contributed by atoms with E-state index in [4.69, 9.17) is 10.8 Å². The number of carboxylic acids is 1. The van der Waals surface area contributed by atoms with Gasteiger partial charge in [-0.3, -0.25) is 9.59 Å². The number of H-pyrrole nitrogens is 1. The van der Waals surface area contributed by atoms with Crippen LogP contribution in [0.2, 0.25) is 0 Å². The van der Waals surface area contributed by atoms with E-state index < -0.39 is 17.9 Å². The maximum Gasteiger partial charge on any atom is 0.308 e. The molecule has 0 aliphatic rings. The highest BCUT2D eigenvalue weighted by atomic mass is 16.4. The Morgan fingerprint density at radius 3 is 2.55 bits per heavy atom. The van der Waals surface area contributed by atoms with Crippen LogP contribution < -0.4 is 11.3 Å². The molecule has 20 heavy (non-hydrogen) atoms. The van der Waals surface area contributed by atoms with Crippen molar-refractivity contribution in [2.75, 3.05) is 5.73 Å². The summed E-state index contributed by atoms with van der Waals surface area (Å²) in [5.74, 6) is -0.723. The van der Waals surface area contributed by atoms with Crippen molar-refractivity contribution in [2.45, 2.75) is 19.8 Å². The lowest BCUT2D eigenvalue weighted by Gasteiger charge is -2.06. The molecule has 0 fully saturated rings. The van der Waals surface area contributed by atoms with Crippen molar-refractivity contribution >= 4 is 11.8 Å². The molecule has 6 nitrogen and oxygen atoms in total. The first-order chi connectivity index (χ1) is 9.45. The number of nitrogens with zero attached hydrogens (tertiary/aromatic N) is 1. The minimum absolute atomic E-state index is 0.00911. The van der Waals surface area contributed by atoms with Gasteiger partial charge in [-0.05, 0) is 12.5 Å². The van der Waals surface area contributed by atoms with Crippen LogP contribution in [0.5, 0.6) is 0 Å². The number of aryl methyl sites for hydroxylation is 1. The van der Waals surface area contributed by atoms with Crippen molar-refractivity contribution in [3.63, 3.8) is 0 Å². The van der Waals surface area contributed by atoms with Gasteiger partial charge in [-0.2, -0.15) is 0 Å². The Kier molecular flexibility index (Phi) is 3.84. The van der Waals surface area contributed by atoms with Gasteiger partial charge in [0.15, 0.2) is 0 Å². The van der Waals surface area contributed by atoms with Crippen LogP contribution in [0.3, 0.4) is 0 Å². The van der Waals surface area contributed by atoms with Crippen molar-refractivity contribution in [1.29, 1.82) is 0 Å². The molecule has 0 atom stereocenters. The van der Waals surface area contributed by atoms with E-state index in [0.717, 1.165) is 11.1 Å². The average Bonchev–Trinajstić information content (AvgIpc) is 2.36. The number of aliphatic carboxylic acids is 1. The van der Waals surface area contributed by atoms with E-state index in [2.05, 4.69) is 9.97 Å². The van der Waals surface area contributed by atoms with Gasteiger partial charge in [-0.1, -0.05) is 29.8 Å². The van der Waals surface area contributed by atoms with Gasteiger partial charge < -0.3 is 15.8 Å². The zero-order valence-corrected chi connectivity index (χ0v) is 11.0. The lowest BCUT2D eigenvalue weighted by atomic mass is 10.1. The highest BCUT2D eigenvalue weighted by Crippen LogP contribution is 2.09. The minimum atomic E-state index is -1.12. The Morgan fingerprint density at radius 2 is 2.00 bits per heavy atom. The number of benzene rings is 1. The summed E-state index contributed by atoms with van der Waals surface area (Å²) >= 11 is 0. The summed E-state index contributed by atoms with van der Waals surface area (Å²) in [4.78, 5) is 29.1. The Hall–Kier alpha value is -2.63. The molecular formula is C14H15N3O3. The van der Waals surface area contributed by atoms with Crippen molar-refractivity contribution in [3.8, 4) is 0 Å². The Labute approximate surface area is 115 Å². The predicted octanol–water partition coefficient (Wildman–Crippen LogP) is 0.878. The van der Waals surface area contributed by atoms with Crippen molar-refractivity contribution < 1.29 is 9.90 Å². The summed E-state index contributed by atoms with van der Waals surface area (Å²) in [6.45, 7) is 1.99. The van der Waals surface area contributed by atoms with Gasteiger partial charge in [0.2, 0.25) is 0 Å². The molecule has 6 heteroatoms. The fourth-order valence-corrected chi connectivity index (χ4v) is 1.87. The Balaban J connectivity index is 2.28. The third-order valence-corrected chi connectivity index (χ3v) is 2.92. The number of nitrogens with one attached hydrogen (secondary N) is 1. The quantitative estimate of drug-likeness (QED) is 0.766. The van der Waals surface area contributed by atoms with Crippen molar-refractivity contribution in [3.05, 3.63) is 57.1 Å². The Morgan fingerprint density at radius 1 is 1.35 bits per heavy atom. The van der Waals surface area contributed by atoms with E-state index in [0.29, 0.717) is 12.2 Å². The molecule has 1 heterocycles. The number of carboxylic acid groups (broad SMARTS) is 1. The first-order valence-corrected chi connectivity index (χ1v) is 6.10. The summed E-state index contributed by atoms with van der Waals surface area (Å²) < 4.78 is 0. The molecule has 0 spiro atoms. The molecule has 0 aliphatic carbocycles. The van der Waals surface area contributed by atoms with Crippen LogP contribution in [0.4, 0.5) is 5.82 Å². The van der Waals surface area contributed by atoms with Gasteiger partial charge >= 0.3 is 5.97 Å². The standard InChI is InChI=1S/C14H15N3O3/c1-8-2-4-9(5-3-8)6-11-16-13(15)10(7-12(18)19)14(20)17-11/h2-5H,6-7H2,1H3,(H,18,19)(H3,15,16,17,20). The second-order valence-corrected chi connectivity index (χ2v) is 4.61. The molecule has 2 aromatic rings. The maximum atomic E-state index is 11.8. The second-order valence-electron chi connectivity index (χ2n) is 4.61. The summed E-state index contributed by atoms with van der Waals surface area (Å²) in [6.07, 6.45) is 0.00600. The van der Waals surface area contributed by atoms with Crippen LogP contribution in [-0.2, 0) is 17.6 Å². The van der Waals surface area contributed by atoms with E-state index in [1.807, 2.05) is 31.2 Å². The molecule has 1 aromatic carbocycles. The number of hydrogen-bond donors (Lipinski definition) is 3. The molecular weight excluding hydrogens is 258 g/mol. The van der Waals surface area contributed by atoms with E-state index in [1.165, 1.54) is 0 Å². The predicted molar refractivity (Wildman–Crippen MR) is 74.6 cm³/mol. The van der Waals surface area contributed by atoms with E-state index >= 15 is 0 Å². The first kappa shape index (κ1) is 13.8. The lowest BCUT2D eigenvalue weighted by Crippen LogP contribution is -2.22. The summed E-state index contributed by atoms with van der Waals surface area (Å²) in [7, 11) is 0. The average molecular weight is 273 g/mol. The van der Waals surface area contributed by atoms with E-state index in [9.17, 15) is 9.59 Å². The van der Waals surface area contributed by atoms with Crippen molar-refractivity contribution in [2.24, 2.45) is 0 Å². The summed E-state index contributed by atoms with van der Waals surface area (Å²) in [5, 5.41) is 8.71. The van der Waals surface area contributed by atoms with Gasteiger partial charge in [0.25, 0.3) is 5.56 Å². The van der Waals surface area contributed by atoms with Crippen LogP contribution in [0, 0.1) is 6.92 Å². The summed E-state index contributed by atoms with van der Waals surface area (Å²) in [6, 6.07) is 7.82. The van der Waals surface area contributed by atoms with Crippen molar-refractivity contribution in [1.82, 2.24) is 9.97 Å². The van der Waals surface area contributed by atoms with Gasteiger partial charge in [0.05, 0.1) is 12.0 Å². The molecule has 0 amide bonds. The third-order valence-electron chi connectivity index (χ3n) is 2.92. The molecule has 104 valence electrons. The monoisotopic (exact) mass is 273 g/mol. The van der Waals surface area contributed by atoms with Gasteiger partial charge in [0.1, 0.15) is 11.6 Å². The number of hydrogen-bond acceptors (Lipinski definition) is 4. The number of anilines is 1. The SMILES string of the molecule is Cc1ccc(Cc2nc(N)c(CC(=O)O)c(=O)[nH]2)cc1. The highest BCUT2D eigenvalue weighted by molar-refractivity contribution is 5.71. The van der Waals surface area contributed by atoms with E-state index in [-0.39, 0.29) is 11.4 Å². The number of nitrogens with two attached hydrogens (primary N) is 1.